The van der Waals surface area contributed by atoms with Crippen LogP contribution in [0.5, 0.6) is 5.75 Å². The summed E-state index contributed by atoms with van der Waals surface area (Å²) in [6, 6.07) is 6.22. The van der Waals surface area contributed by atoms with Crippen LogP contribution in [0.25, 0.3) is 0 Å². The number of hydrogen-bond donors (Lipinski definition) is 1. The van der Waals surface area contributed by atoms with Gasteiger partial charge >= 0.3 is 0 Å². The molecule has 2 rings (SSSR count). The van der Waals surface area contributed by atoms with Crippen LogP contribution >= 0.6 is 15.9 Å². The Labute approximate surface area is 119 Å². The van der Waals surface area contributed by atoms with Gasteiger partial charge in [0.25, 0.3) is 0 Å². The van der Waals surface area contributed by atoms with E-state index in [1.165, 1.54) is 12.1 Å². The molecule has 0 unspecified atom stereocenters. The first-order valence-electron chi connectivity index (χ1n) is 6.04. The minimum atomic E-state index is -0.321. The first-order chi connectivity index (χ1) is 9.20. The Morgan fingerprint density at radius 1 is 1.37 bits per heavy atom. The summed E-state index contributed by atoms with van der Waals surface area (Å²) in [6.07, 6.45) is 1.63. The molecule has 1 aromatic heterocycles. The second-order valence-electron chi connectivity index (χ2n) is 4.01. The van der Waals surface area contributed by atoms with E-state index >= 15 is 0 Å². The van der Waals surface area contributed by atoms with Gasteiger partial charge in [-0.2, -0.15) is 0 Å². The van der Waals surface area contributed by atoms with Gasteiger partial charge in [-0.15, -0.1) is 0 Å². The number of hydrogen-bond acceptors (Lipinski definition) is 3. The summed E-state index contributed by atoms with van der Waals surface area (Å²) in [5.41, 5.74) is 0.956. The third-order valence-electron chi connectivity index (χ3n) is 2.65. The van der Waals surface area contributed by atoms with Gasteiger partial charge in [0.2, 0.25) is 0 Å². The van der Waals surface area contributed by atoms with Crippen LogP contribution in [-0.4, -0.2) is 6.54 Å². The smallest absolute Gasteiger partial charge is 0.136 e. The van der Waals surface area contributed by atoms with Gasteiger partial charge in [0.15, 0.2) is 0 Å². The van der Waals surface area contributed by atoms with Crippen LogP contribution in [0, 0.1) is 5.82 Å². The van der Waals surface area contributed by atoms with Crippen molar-refractivity contribution in [3.05, 3.63) is 52.1 Å². The van der Waals surface area contributed by atoms with E-state index in [4.69, 9.17) is 9.15 Å². The Hall–Kier alpha value is -1.33. The summed E-state index contributed by atoms with van der Waals surface area (Å²) in [6.45, 7) is 3.91. The molecular formula is C14H15BrFNO2. The maximum atomic E-state index is 13.1. The lowest BCUT2D eigenvalue weighted by Gasteiger charge is -2.08. The van der Waals surface area contributed by atoms with E-state index in [-0.39, 0.29) is 5.82 Å². The SMILES string of the molecule is CCNCc1occc1COc1cc(F)ccc1Br. The maximum absolute atomic E-state index is 13.1. The summed E-state index contributed by atoms with van der Waals surface area (Å²) in [4.78, 5) is 0. The van der Waals surface area contributed by atoms with Gasteiger partial charge in [-0.05, 0) is 40.7 Å². The summed E-state index contributed by atoms with van der Waals surface area (Å²) in [7, 11) is 0. The summed E-state index contributed by atoms with van der Waals surface area (Å²) in [5, 5.41) is 3.19. The van der Waals surface area contributed by atoms with Crippen LogP contribution in [0.3, 0.4) is 0 Å². The summed E-state index contributed by atoms with van der Waals surface area (Å²) in [5.74, 6) is 1.00. The Morgan fingerprint density at radius 2 is 2.21 bits per heavy atom. The molecule has 0 bridgehead atoms. The van der Waals surface area contributed by atoms with E-state index in [1.54, 1.807) is 12.3 Å². The van der Waals surface area contributed by atoms with Crippen LogP contribution in [0.2, 0.25) is 0 Å². The van der Waals surface area contributed by atoms with Gasteiger partial charge in [0.05, 0.1) is 17.3 Å². The van der Waals surface area contributed by atoms with Crippen molar-refractivity contribution in [2.75, 3.05) is 6.54 Å². The van der Waals surface area contributed by atoms with Crippen molar-refractivity contribution in [1.29, 1.82) is 0 Å². The Kier molecular flexibility index (Phi) is 4.99. The molecule has 0 fully saturated rings. The first-order valence-corrected chi connectivity index (χ1v) is 6.83. The van der Waals surface area contributed by atoms with Gasteiger partial charge in [0, 0.05) is 11.6 Å². The predicted molar refractivity (Wildman–Crippen MR) is 74.5 cm³/mol. The highest BCUT2D eigenvalue weighted by Crippen LogP contribution is 2.26. The fourth-order valence-corrected chi connectivity index (χ4v) is 1.99. The molecule has 0 amide bonds. The van der Waals surface area contributed by atoms with Crippen molar-refractivity contribution in [3.8, 4) is 5.75 Å². The lowest BCUT2D eigenvalue weighted by Crippen LogP contribution is -2.12. The zero-order valence-electron chi connectivity index (χ0n) is 10.6. The van der Waals surface area contributed by atoms with Gasteiger partial charge in [-0.3, -0.25) is 0 Å². The van der Waals surface area contributed by atoms with E-state index in [2.05, 4.69) is 21.2 Å². The average molecular weight is 328 g/mol. The highest BCUT2D eigenvalue weighted by Gasteiger charge is 2.08. The predicted octanol–water partition coefficient (Wildman–Crippen LogP) is 3.87. The van der Waals surface area contributed by atoms with E-state index < -0.39 is 0 Å². The normalized spacial score (nSPS) is 10.7. The number of halogens is 2. The van der Waals surface area contributed by atoms with E-state index in [1.807, 2.05) is 13.0 Å². The van der Waals surface area contributed by atoms with Crippen molar-refractivity contribution < 1.29 is 13.5 Å². The van der Waals surface area contributed by atoms with Crippen LogP contribution in [0.4, 0.5) is 4.39 Å². The monoisotopic (exact) mass is 327 g/mol. The molecule has 102 valence electrons. The zero-order valence-corrected chi connectivity index (χ0v) is 12.2. The molecule has 3 nitrogen and oxygen atoms in total. The van der Waals surface area contributed by atoms with E-state index in [9.17, 15) is 4.39 Å². The molecule has 1 heterocycles. The van der Waals surface area contributed by atoms with Crippen molar-refractivity contribution in [1.82, 2.24) is 5.32 Å². The molecule has 0 aliphatic heterocycles. The maximum Gasteiger partial charge on any atom is 0.136 e. The van der Waals surface area contributed by atoms with Crippen LogP contribution in [0.1, 0.15) is 18.2 Å². The van der Waals surface area contributed by atoms with Crippen LogP contribution in [-0.2, 0) is 13.2 Å². The van der Waals surface area contributed by atoms with Gasteiger partial charge in [0.1, 0.15) is 23.9 Å². The fraction of sp³-hybridized carbons (Fsp3) is 0.286. The number of benzene rings is 1. The third kappa shape index (κ3) is 3.81. The molecule has 0 saturated heterocycles. The van der Waals surface area contributed by atoms with Crippen molar-refractivity contribution in [3.63, 3.8) is 0 Å². The van der Waals surface area contributed by atoms with Gasteiger partial charge in [-0.1, -0.05) is 6.92 Å². The average Bonchev–Trinajstić information content (AvgIpc) is 2.85. The van der Waals surface area contributed by atoms with Crippen LogP contribution in [0.15, 0.2) is 39.4 Å². The lowest BCUT2D eigenvalue weighted by atomic mass is 10.2. The second kappa shape index (κ2) is 6.73. The molecule has 1 N–H and O–H groups in total. The van der Waals surface area contributed by atoms with Gasteiger partial charge in [-0.25, -0.2) is 4.39 Å². The molecule has 1 aromatic carbocycles. The minimum absolute atomic E-state index is 0.321. The third-order valence-corrected chi connectivity index (χ3v) is 3.30. The first kappa shape index (κ1) is 14.1. The van der Waals surface area contributed by atoms with Crippen molar-refractivity contribution in [2.45, 2.75) is 20.1 Å². The lowest BCUT2D eigenvalue weighted by molar-refractivity contribution is 0.298. The molecule has 0 spiro atoms. The van der Waals surface area contributed by atoms with E-state index in [0.29, 0.717) is 18.9 Å². The molecule has 0 saturated carbocycles. The Balaban J connectivity index is 2.02. The largest absolute Gasteiger partial charge is 0.487 e. The Bertz CT molecular complexity index is 542. The molecule has 0 aliphatic rings. The molecule has 19 heavy (non-hydrogen) atoms. The topological polar surface area (TPSA) is 34.4 Å². The highest BCUT2D eigenvalue weighted by molar-refractivity contribution is 9.10. The number of ether oxygens (including phenoxy) is 1. The highest BCUT2D eigenvalue weighted by atomic mass is 79.9. The van der Waals surface area contributed by atoms with Crippen molar-refractivity contribution in [2.24, 2.45) is 0 Å². The second-order valence-corrected chi connectivity index (χ2v) is 4.87. The molecular weight excluding hydrogens is 313 g/mol. The molecule has 0 radical (unpaired) electrons. The van der Waals surface area contributed by atoms with Crippen molar-refractivity contribution >= 4 is 15.9 Å². The number of rotatable bonds is 6. The number of nitrogens with one attached hydrogen (secondary N) is 1. The quantitative estimate of drug-likeness (QED) is 0.874. The summed E-state index contributed by atoms with van der Waals surface area (Å²) >= 11 is 3.33. The van der Waals surface area contributed by atoms with Gasteiger partial charge < -0.3 is 14.5 Å². The molecule has 0 aliphatic carbocycles. The van der Waals surface area contributed by atoms with Crippen LogP contribution < -0.4 is 10.1 Å². The molecule has 5 heteroatoms. The van der Waals surface area contributed by atoms with E-state index in [0.717, 1.165) is 22.3 Å². The number of furan rings is 1. The standard InChI is InChI=1S/C14H15BrFNO2/c1-2-17-8-14-10(5-6-18-14)9-19-13-7-11(16)3-4-12(13)15/h3-7,17H,2,8-9H2,1H3. The molecule has 0 atom stereocenters. The molecule has 2 aromatic rings. The Morgan fingerprint density at radius 3 is 3.00 bits per heavy atom. The minimum Gasteiger partial charge on any atom is -0.487 e. The zero-order chi connectivity index (χ0) is 13.7. The fourth-order valence-electron chi connectivity index (χ4n) is 1.63. The summed E-state index contributed by atoms with van der Waals surface area (Å²) < 4.78 is 24.8.